The first-order valence-corrected chi connectivity index (χ1v) is 4.74. The fourth-order valence-electron chi connectivity index (χ4n) is 1.35. The van der Waals surface area contributed by atoms with E-state index in [2.05, 4.69) is 5.32 Å². The lowest BCUT2D eigenvalue weighted by Gasteiger charge is -2.32. The van der Waals surface area contributed by atoms with Crippen LogP contribution in [-0.2, 0) is 5.54 Å². The van der Waals surface area contributed by atoms with Crippen molar-refractivity contribution >= 4 is 0 Å². The molecule has 1 unspecified atom stereocenters. The maximum absolute atomic E-state index is 13.2. The number of rotatable bonds is 2. The van der Waals surface area contributed by atoms with Crippen LogP contribution < -0.4 is 5.32 Å². The van der Waals surface area contributed by atoms with Crippen molar-refractivity contribution in [3.05, 3.63) is 35.1 Å². The number of halogens is 4. The Balaban J connectivity index is 3.29. The van der Waals surface area contributed by atoms with Gasteiger partial charge in [-0.25, -0.2) is 4.39 Å². The van der Waals surface area contributed by atoms with Gasteiger partial charge in [0.2, 0.25) is 0 Å². The number of benzene rings is 1. The summed E-state index contributed by atoms with van der Waals surface area (Å²) in [4.78, 5) is 0. The zero-order valence-corrected chi connectivity index (χ0v) is 9.24. The second-order valence-corrected chi connectivity index (χ2v) is 3.84. The zero-order valence-electron chi connectivity index (χ0n) is 9.24. The van der Waals surface area contributed by atoms with E-state index in [9.17, 15) is 17.6 Å². The maximum Gasteiger partial charge on any atom is 0.410 e. The number of hydrogen-bond donors (Lipinski definition) is 1. The molecule has 0 aromatic heterocycles. The van der Waals surface area contributed by atoms with Crippen molar-refractivity contribution in [3.63, 3.8) is 0 Å². The third-order valence-electron chi connectivity index (χ3n) is 2.82. The molecule has 0 aliphatic heterocycles. The highest BCUT2D eigenvalue weighted by Crippen LogP contribution is 2.38. The molecule has 1 N–H and O–H groups in total. The second-order valence-electron chi connectivity index (χ2n) is 3.84. The van der Waals surface area contributed by atoms with Crippen LogP contribution in [0.1, 0.15) is 18.1 Å². The molecule has 1 rings (SSSR count). The highest BCUT2D eigenvalue weighted by molar-refractivity contribution is 5.30. The molecule has 1 aromatic rings. The maximum atomic E-state index is 13.2. The van der Waals surface area contributed by atoms with E-state index >= 15 is 0 Å². The predicted molar refractivity (Wildman–Crippen MR) is 53.6 cm³/mol. The van der Waals surface area contributed by atoms with Gasteiger partial charge in [0.1, 0.15) is 11.4 Å². The molecule has 0 spiro atoms. The molecule has 0 saturated heterocycles. The summed E-state index contributed by atoms with van der Waals surface area (Å²) in [5.74, 6) is -0.636. The van der Waals surface area contributed by atoms with Gasteiger partial charge >= 0.3 is 6.18 Å². The molecule has 0 aliphatic carbocycles. The van der Waals surface area contributed by atoms with E-state index in [4.69, 9.17) is 0 Å². The highest BCUT2D eigenvalue weighted by atomic mass is 19.4. The van der Waals surface area contributed by atoms with Crippen molar-refractivity contribution in [2.45, 2.75) is 25.6 Å². The second kappa shape index (κ2) is 4.05. The number of hydrogen-bond acceptors (Lipinski definition) is 1. The average molecular weight is 235 g/mol. The molecule has 1 atom stereocenters. The zero-order chi connectivity index (χ0) is 12.6. The molecule has 5 heteroatoms. The molecule has 1 nitrogen and oxygen atoms in total. The Kier molecular flexibility index (Phi) is 3.28. The summed E-state index contributed by atoms with van der Waals surface area (Å²) < 4.78 is 51.8. The van der Waals surface area contributed by atoms with Gasteiger partial charge in [0.15, 0.2) is 0 Å². The van der Waals surface area contributed by atoms with Gasteiger partial charge in [-0.1, -0.05) is 12.1 Å². The Morgan fingerprint density at radius 2 is 1.75 bits per heavy atom. The standard InChI is InChI=1S/C11H13F4N/c1-7-4-5-8(6-9(7)12)10(2,16-3)11(13,14)15/h4-6,16H,1-3H3. The van der Waals surface area contributed by atoms with Gasteiger partial charge in [-0.15, -0.1) is 0 Å². The minimum Gasteiger partial charge on any atom is -0.303 e. The first kappa shape index (κ1) is 13.0. The fraction of sp³-hybridized carbons (Fsp3) is 0.455. The van der Waals surface area contributed by atoms with Crippen molar-refractivity contribution in [1.82, 2.24) is 5.32 Å². The van der Waals surface area contributed by atoms with E-state index in [1.807, 2.05) is 0 Å². The summed E-state index contributed by atoms with van der Waals surface area (Å²) in [7, 11) is 1.20. The number of alkyl halides is 3. The topological polar surface area (TPSA) is 12.0 Å². The van der Waals surface area contributed by atoms with Gasteiger partial charge in [0.25, 0.3) is 0 Å². The summed E-state index contributed by atoms with van der Waals surface area (Å²) in [6.45, 7) is 2.49. The van der Waals surface area contributed by atoms with E-state index in [1.165, 1.54) is 26.1 Å². The summed E-state index contributed by atoms with van der Waals surface area (Å²) in [6.07, 6.45) is -4.48. The Bertz CT molecular complexity index is 386. The van der Waals surface area contributed by atoms with Gasteiger partial charge in [-0.05, 0) is 38.1 Å². The lowest BCUT2D eigenvalue weighted by molar-refractivity contribution is -0.193. The molecule has 16 heavy (non-hydrogen) atoms. The first-order chi connectivity index (χ1) is 7.22. The van der Waals surface area contributed by atoms with Crippen LogP contribution in [0.3, 0.4) is 0 Å². The summed E-state index contributed by atoms with van der Waals surface area (Å²) in [5, 5.41) is 2.19. The van der Waals surface area contributed by atoms with Crippen LogP contribution in [0.25, 0.3) is 0 Å². The Labute approximate surface area is 91.5 Å². The van der Waals surface area contributed by atoms with Gasteiger partial charge in [0, 0.05) is 0 Å². The van der Waals surface area contributed by atoms with Crippen LogP contribution >= 0.6 is 0 Å². The van der Waals surface area contributed by atoms with Crippen LogP contribution in [0.4, 0.5) is 17.6 Å². The van der Waals surface area contributed by atoms with E-state index < -0.39 is 17.5 Å². The van der Waals surface area contributed by atoms with E-state index in [1.54, 1.807) is 0 Å². The van der Waals surface area contributed by atoms with Gasteiger partial charge in [0.05, 0.1) is 0 Å². The summed E-state index contributed by atoms with van der Waals surface area (Å²) >= 11 is 0. The van der Waals surface area contributed by atoms with E-state index in [0.717, 1.165) is 13.0 Å². The SMILES string of the molecule is CNC(C)(c1ccc(C)c(F)c1)C(F)(F)F. The van der Waals surface area contributed by atoms with Gasteiger partial charge in [-0.2, -0.15) is 13.2 Å². The van der Waals surface area contributed by atoms with Gasteiger partial charge < -0.3 is 5.32 Å². The molecule has 0 bridgehead atoms. The average Bonchev–Trinajstić information content (AvgIpc) is 2.19. The van der Waals surface area contributed by atoms with Crippen molar-refractivity contribution in [2.24, 2.45) is 0 Å². The summed E-state index contributed by atoms with van der Waals surface area (Å²) in [5.41, 5.74) is -2.04. The van der Waals surface area contributed by atoms with E-state index in [0.29, 0.717) is 5.56 Å². The molecular weight excluding hydrogens is 222 g/mol. The van der Waals surface area contributed by atoms with E-state index in [-0.39, 0.29) is 5.56 Å². The molecule has 90 valence electrons. The highest BCUT2D eigenvalue weighted by Gasteiger charge is 2.51. The Hall–Kier alpha value is -1.10. The molecular formula is C11H13F4N. The van der Waals surface area contributed by atoms with Crippen LogP contribution in [0.2, 0.25) is 0 Å². The lowest BCUT2D eigenvalue weighted by atomic mass is 9.90. The Morgan fingerprint density at radius 1 is 1.19 bits per heavy atom. The minimum atomic E-state index is -4.48. The Morgan fingerprint density at radius 3 is 2.12 bits per heavy atom. The smallest absolute Gasteiger partial charge is 0.303 e. The molecule has 0 amide bonds. The third-order valence-corrected chi connectivity index (χ3v) is 2.82. The molecule has 1 aromatic carbocycles. The lowest BCUT2D eigenvalue weighted by Crippen LogP contribution is -2.49. The molecule has 0 saturated carbocycles. The van der Waals surface area contributed by atoms with Crippen molar-refractivity contribution in [3.8, 4) is 0 Å². The quantitative estimate of drug-likeness (QED) is 0.776. The molecule has 0 radical (unpaired) electrons. The van der Waals surface area contributed by atoms with Crippen molar-refractivity contribution < 1.29 is 17.6 Å². The van der Waals surface area contributed by atoms with Crippen LogP contribution in [0.5, 0.6) is 0 Å². The van der Waals surface area contributed by atoms with Crippen LogP contribution in [-0.4, -0.2) is 13.2 Å². The van der Waals surface area contributed by atoms with Crippen molar-refractivity contribution in [2.75, 3.05) is 7.05 Å². The minimum absolute atomic E-state index is 0.134. The number of nitrogens with one attached hydrogen (secondary N) is 1. The van der Waals surface area contributed by atoms with Crippen molar-refractivity contribution in [1.29, 1.82) is 0 Å². The monoisotopic (exact) mass is 235 g/mol. The number of aryl methyl sites for hydroxylation is 1. The fourth-order valence-corrected chi connectivity index (χ4v) is 1.35. The van der Waals surface area contributed by atoms with Crippen LogP contribution in [0, 0.1) is 12.7 Å². The van der Waals surface area contributed by atoms with Crippen LogP contribution in [0.15, 0.2) is 18.2 Å². The normalized spacial score (nSPS) is 15.9. The van der Waals surface area contributed by atoms with Gasteiger partial charge in [-0.3, -0.25) is 0 Å². The first-order valence-electron chi connectivity index (χ1n) is 4.74. The molecule has 0 fully saturated rings. The molecule has 0 heterocycles. The molecule has 0 aliphatic rings. The predicted octanol–water partition coefficient (Wildman–Crippen LogP) is 3.13. The third kappa shape index (κ3) is 2.04. The summed E-state index contributed by atoms with van der Waals surface area (Å²) in [6, 6.07) is 3.54. The largest absolute Gasteiger partial charge is 0.410 e.